The molecule has 0 saturated carbocycles. The molecular formula is C37H59N9SW. The van der Waals surface area contributed by atoms with Gasteiger partial charge < -0.3 is 37.6 Å². The number of nitrogens with two attached hydrogens (primary N) is 1. The number of unbranched alkanes of at least 4 members (excludes halogenated alkanes) is 3. The summed E-state index contributed by atoms with van der Waals surface area (Å²) in [4.78, 5) is 12.1. The van der Waals surface area contributed by atoms with Crippen molar-refractivity contribution in [2.45, 2.75) is 90.8 Å². The Morgan fingerprint density at radius 2 is 1.92 bits per heavy atom. The average molecular weight is 846 g/mol. The average Bonchev–Trinajstić information content (AvgIpc) is 3.48. The Bertz CT molecular complexity index is 1350. The molecular weight excluding hydrogens is 786 g/mol. The van der Waals surface area contributed by atoms with Gasteiger partial charge in [0.1, 0.15) is 11.5 Å². The van der Waals surface area contributed by atoms with Crippen LogP contribution < -0.4 is 26.2 Å². The summed E-state index contributed by atoms with van der Waals surface area (Å²) in [7, 11) is 1.98. The van der Waals surface area contributed by atoms with Crippen molar-refractivity contribution in [3.63, 3.8) is 0 Å². The molecule has 0 radical (unpaired) electrons. The number of anilines is 4. The van der Waals surface area contributed by atoms with Gasteiger partial charge in [-0.25, -0.2) is 4.98 Å². The van der Waals surface area contributed by atoms with Gasteiger partial charge in [0.2, 0.25) is 0 Å². The normalized spacial score (nSPS) is 17.7. The van der Waals surface area contributed by atoms with Crippen molar-refractivity contribution in [2.75, 3.05) is 73.0 Å². The first-order valence-corrected chi connectivity index (χ1v) is 18.2. The van der Waals surface area contributed by atoms with E-state index < -0.39 is 0 Å². The van der Waals surface area contributed by atoms with Gasteiger partial charge in [-0.3, -0.25) is 4.90 Å². The monoisotopic (exact) mass is 845 g/mol. The number of terminal acetylenes is 1. The second-order valence-corrected chi connectivity index (χ2v) is 12.9. The molecule has 1 fully saturated rings. The third-order valence-corrected chi connectivity index (χ3v) is 9.59. The van der Waals surface area contributed by atoms with Crippen LogP contribution in [-0.2, 0) is 21.1 Å². The van der Waals surface area contributed by atoms with Crippen LogP contribution in [0.3, 0.4) is 0 Å². The fourth-order valence-electron chi connectivity index (χ4n) is 5.93. The number of pyridine rings is 1. The first kappa shape index (κ1) is 41.8. The van der Waals surface area contributed by atoms with Gasteiger partial charge in [0.05, 0.1) is 17.4 Å². The fourth-order valence-corrected chi connectivity index (χ4v) is 6.22. The molecule has 1 unspecified atom stereocenters. The van der Waals surface area contributed by atoms with E-state index in [0.717, 1.165) is 93.9 Å². The van der Waals surface area contributed by atoms with Crippen LogP contribution in [0, 0.1) is 12.3 Å². The third-order valence-electron chi connectivity index (χ3n) is 9.19. The van der Waals surface area contributed by atoms with Crippen LogP contribution in [0.2, 0.25) is 0 Å². The number of nitrogen functional groups attached to an aromatic ring is 1. The van der Waals surface area contributed by atoms with E-state index in [9.17, 15) is 0 Å². The van der Waals surface area contributed by atoms with Crippen molar-refractivity contribution in [2.24, 2.45) is 0 Å². The first-order valence-electron chi connectivity index (χ1n) is 17.5. The van der Waals surface area contributed by atoms with Gasteiger partial charge in [0.15, 0.2) is 0 Å². The molecule has 3 aliphatic rings. The van der Waals surface area contributed by atoms with Crippen molar-refractivity contribution in [1.82, 2.24) is 15.2 Å². The number of hydrogen-bond donors (Lipinski definition) is 4. The Morgan fingerprint density at radius 1 is 1.17 bits per heavy atom. The van der Waals surface area contributed by atoms with E-state index in [0.29, 0.717) is 24.1 Å². The SMILES string of the molecule is C#CC1=CC([NH-])=CCC1.CCCCC1Nc2c(N)nc3ccc(N4CCN(CS)CC4)cc3c2N1CCCCC[NH-].CC[C@H](C)NC.[W+2]. The van der Waals surface area contributed by atoms with E-state index in [1.165, 1.54) is 36.0 Å². The van der Waals surface area contributed by atoms with Gasteiger partial charge in [0, 0.05) is 61.3 Å². The molecule has 3 heterocycles. The zero-order chi connectivity index (χ0) is 34.2. The molecule has 1 aromatic carbocycles. The van der Waals surface area contributed by atoms with E-state index in [4.69, 9.17) is 28.6 Å². The molecule has 264 valence electrons. The van der Waals surface area contributed by atoms with E-state index >= 15 is 0 Å². The van der Waals surface area contributed by atoms with Crippen LogP contribution in [0.1, 0.15) is 78.6 Å². The Hall–Kier alpha value is -2.41. The molecule has 2 atom stereocenters. The molecule has 0 spiro atoms. The predicted molar refractivity (Wildman–Crippen MR) is 208 cm³/mol. The number of aromatic nitrogens is 1. The molecule has 1 saturated heterocycles. The number of thiol groups is 1. The Morgan fingerprint density at radius 3 is 2.48 bits per heavy atom. The van der Waals surface area contributed by atoms with Crippen LogP contribution in [0.25, 0.3) is 22.4 Å². The summed E-state index contributed by atoms with van der Waals surface area (Å²) in [5.74, 6) is 3.95. The zero-order valence-electron chi connectivity index (χ0n) is 29.7. The number of hydrogen-bond acceptors (Lipinski definition) is 8. The molecule has 5 rings (SSSR count). The quantitative estimate of drug-likeness (QED) is 0.0970. The van der Waals surface area contributed by atoms with Crippen LogP contribution in [0.5, 0.6) is 0 Å². The number of nitrogens with zero attached hydrogens (tertiary/aromatic N) is 4. The van der Waals surface area contributed by atoms with Crippen molar-refractivity contribution in [3.8, 4) is 12.3 Å². The number of allylic oxidation sites excluding steroid dienone is 3. The van der Waals surface area contributed by atoms with Gasteiger partial charge in [-0.1, -0.05) is 51.2 Å². The van der Waals surface area contributed by atoms with Crippen LogP contribution in [0.4, 0.5) is 22.9 Å². The number of piperazine rings is 1. The van der Waals surface area contributed by atoms with Crippen molar-refractivity contribution in [1.29, 1.82) is 0 Å². The number of rotatable bonds is 12. The smallest absolute Gasteiger partial charge is 0.699 e. The topological polar surface area (TPSA) is 120 Å². The Kier molecular flexibility index (Phi) is 19.4. The van der Waals surface area contributed by atoms with Crippen LogP contribution >= 0.6 is 12.6 Å². The van der Waals surface area contributed by atoms with Gasteiger partial charge in [-0.05, 0) is 70.7 Å². The first-order chi connectivity index (χ1) is 22.8. The summed E-state index contributed by atoms with van der Waals surface area (Å²) in [6.07, 6.45) is 18.7. The Balaban J connectivity index is 0.000000414. The standard InChI is InChI=1S/C24H38N7S.C8H8N.C5H13N.W/c1-2-3-7-21-28-22-23(31(21)11-6-4-5-10-25)19-16-18(8-9-20(19)27-24(22)26)30-14-12-29(17-32)13-15-30;1-2-7-4-3-5-8(9)6-7;1-4-5(2)6-3;/h8-9,16,21,25,28,32H,2-7,10-15,17H2,1H3,(H2,26,27);1,5-6,9H,3-4H2;5-6H,4H2,1-3H3;/q2*-1;;+2/t;;5-;/m..0./s1. The van der Waals surface area contributed by atoms with E-state index in [2.05, 4.69) is 82.9 Å². The summed E-state index contributed by atoms with van der Waals surface area (Å²) in [5, 5.41) is 8.01. The minimum absolute atomic E-state index is 0. The maximum Gasteiger partial charge on any atom is 2.00 e. The molecule has 0 amide bonds. The van der Waals surface area contributed by atoms with Gasteiger partial charge >= 0.3 is 21.1 Å². The largest absolute Gasteiger partial charge is 2.00 e. The van der Waals surface area contributed by atoms with E-state index in [1.807, 2.05) is 13.1 Å². The fraction of sp³-hybridized carbons (Fsp3) is 0.595. The molecule has 9 nitrogen and oxygen atoms in total. The van der Waals surface area contributed by atoms with Crippen molar-refractivity contribution >= 4 is 46.4 Å². The van der Waals surface area contributed by atoms with Gasteiger partial charge in [0.25, 0.3) is 0 Å². The molecule has 48 heavy (non-hydrogen) atoms. The molecule has 1 aliphatic carbocycles. The van der Waals surface area contributed by atoms with E-state index in [-0.39, 0.29) is 27.2 Å². The molecule has 2 aromatic rings. The molecule has 1 aromatic heterocycles. The molecule has 6 N–H and O–H groups in total. The summed E-state index contributed by atoms with van der Waals surface area (Å²) >= 11 is 4.43. The third kappa shape index (κ3) is 12.2. The number of fused-ring (bicyclic) bond motifs is 3. The predicted octanol–water partition coefficient (Wildman–Crippen LogP) is 8.07. The molecule has 11 heteroatoms. The van der Waals surface area contributed by atoms with Crippen LogP contribution in [-0.4, -0.2) is 74.3 Å². The van der Waals surface area contributed by atoms with Crippen molar-refractivity contribution in [3.05, 3.63) is 53.1 Å². The summed E-state index contributed by atoms with van der Waals surface area (Å²) in [6.45, 7) is 12.2. The minimum atomic E-state index is 0. The number of benzene rings is 1. The van der Waals surface area contributed by atoms with Gasteiger partial charge in [-0.15, -0.1) is 12.1 Å². The summed E-state index contributed by atoms with van der Waals surface area (Å²) in [5.41, 5.74) is 27.0. The second kappa shape index (κ2) is 22.3. The summed E-state index contributed by atoms with van der Waals surface area (Å²) < 4.78 is 0. The zero-order valence-corrected chi connectivity index (χ0v) is 33.5. The second-order valence-electron chi connectivity index (χ2n) is 12.6. The summed E-state index contributed by atoms with van der Waals surface area (Å²) in [6, 6.07) is 7.32. The van der Waals surface area contributed by atoms with Crippen molar-refractivity contribution < 1.29 is 21.1 Å². The molecule has 0 bridgehead atoms. The van der Waals surface area contributed by atoms with Crippen LogP contribution in [0.15, 0.2) is 41.6 Å². The maximum atomic E-state index is 7.46. The van der Waals surface area contributed by atoms with Gasteiger partial charge in [-0.2, -0.15) is 19.2 Å². The molecule has 2 aliphatic heterocycles. The Labute approximate surface area is 310 Å². The number of nitrogens with one attached hydrogen (secondary N) is 4. The maximum absolute atomic E-state index is 7.46. The minimum Gasteiger partial charge on any atom is -0.699 e. The van der Waals surface area contributed by atoms with E-state index in [1.54, 1.807) is 6.08 Å².